The highest BCUT2D eigenvalue weighted by atomic mass is 35.5. The lowest BCUT2D eigenvalue weighted by Gasteiger charge is -2.25. The smallest absolute Gasteiger partial charge is 0.135 e. The second-order valence-electron chi connectivity index (χ2n) is 5.27. The van der Waals surface area contributed by atoms with E-state index in [1.165, 1.54) is 12.8 Å². The molecule has 1 aromatic heterocycles. The van der Waals surface area contributed by atoms with Crippen molar-refractivity contribution < 1.29 is 5.11 Å². The monoisotopic (exact) mass is 317 g/mol. The Hall–Kier alpha value is -0.390. The summed E-state index contributed by atoms with van der Waals surface area (Å²) in [5.74, 6) is 0. The van der Waals surface area contributed by atoms with Gasteiger partial charge in [0.2, 0.25) is 0 Å². The Morgan fingerprint density at radius 3 is 2.90 bits per heavy atom. The van der Waals surface area contributed by atoms with Crippen molar-refractivity contribution in [3.8, 4) is 0 Å². The van der Waals surface area contributed by atoms with Crippen molar-refractivity contribution in [3.05, 3.63) is 27.5 Å². The van der Waals surface area contributed by atoms with Crippen LogP contribution in [0.1, 0.15) is 24.1 Å². The van der Waals surface area contributed by atoms with E-state index in [1.54, 1.807) is 0 Å². The first-order chi connectivity index (χ1) is 9.60. The number of aromatic nitrogens is 1. The number of aliphatic hydroxyl groups excluding tert-OH is 1. The van der Waals surface area contributed by atoms with E-state index < -0.39 is 0 Å². The first-order valence-corrected chi connectivity index (χ1v) is 7.74. The van der Waals surface area contributed by atoms with Gasteiger partial charge in [0.15, 0.2) is 0 Å². The molecule has 6 heteroatoms. The highest BCUT2D eigenvalue weighted by Crippen LogP contribution is 2.25. The molecule has 1 aliphatic heterocycles. The average Bonchev–Trinajstić information content (AvgIpc) is 2.86. The average molecular weight is 318 g/mol. The molecule has 2 heterocycles. The van der Waals surface area contributed by atoms with Gasteiger partial charge < -0.3 is 10.4 Å². The lowest BCUT2D eigenvalue weighted by Crippen LogP contribution is -2.38. The molecule has 1 aromatic rings. The topological polar surface area (TPSA) is 48.4 Å². The number of nitrogens with zero attached hydrogens (tertiary/aromatic N) is 2. The molecule has 0 spiro atoms. The second kappa shape index (κ2) is 7.57. The van der Waals surface area contributed by atoms with E-state index in [4.69, 9.17) is 23.2 Å². The SMILES string of the molecule is Cc1cc(Cl)c(CN(CCO)CC2CCCN2)c(Cl)n1. The Kier molecular flexibility index (Phi) is 6.05. The molecule has 0 aliphatic carbocycles. The van der Waals surface area contributed by atoms with Crippen LogP contribution in [0.2, 0.25) is 10.2 Å². The highest BCUT2D eigenvalue weighted by molar-refractivity contribution is 6.35. The summed E-state index contributed by atoms with van der Waals surface area (Å²) in [7, 11) is 0. The van der Waals surface area contributed by atoms with Crippen molar-refractivity contribution in [1.82, 2.24) is 15.2 Å². The van der Waals surface area contributed by atoms with E-state index in [9.17, 15) is 5.11 Å². The zero-order valence-corrected chi connectivity index (χ0v) is 13.2. The van der Waals surface area contributed by atoms with Gasteiger partial charge in [-0.05, 0) is 32.4 Å². The first kappa shape index (κ1) is 16.0. The summed E-state index contributed by atoms with van der Waals surface area (Å²) < 4.78 is 0. The lowest BCUT2D eigenvalue weighted by molar-refractivity contribution is 0.179. The van der Waals surface area contributed by atoms with Crippen molar-refractivity contribution in [2.45, 2.75) is 32.4 Å². The Morgan fingerprint density at radius 2 is 2.30 bits per heavy atom. The van der Waals surface area contributed by atoms with Gasteiger partial charge in [-0.3, -0.25) is 4.90 Å². The highest BCUT2D eigenvalue weighted by Gasteiger charge is 2.19. The van der Waals surface area contributed by atoms with Gasteiger partial charge in [0.05, 0.1) is 6.61 Å². The van der Waals surface area contributed by atoms with Crippen LogP contribution in [-0.2, 0) is 6.54 Å². The first-order valence-electron chi connectivity index (χ1n) is 6.98. The minimum Gasteiger partial charge on any atom is -0.395 e. The minimum atomic E-state index is 0.126. The van der Waals surface area contributed by atoms with Gasteiger partial charge in [-0.1, -0.05) is 23.2 Å². The van der Waals surface area contributed by atoms with Crippen LogP contribution >= 0.6 is 23.2 Å². The van der Waals surface area contributed by atoms with Gasteiger partial charge in [-0.15, -0.1) is 0 Å². The van der Waals surface area contributed by atoms with E-state index in [2.05, 4.69) is 15.2 Å². The molecular formula is C14H21Cl2N3O. The van der Waals surface area contributed by atoms with Gasteiger partial charge in [-0.2, -0.15) is 0 Å². The van der Waals surface area contributed by atoms with Crippen LogP contribution in [0.4, 0.5) is 0 Å². The summed E-state index contributed by atoms with van der Waals surface area (Å²) in [5.41, 5.74) is 1.65. The number of hydrogen-bond acceptors (Lipinski definition) is 4. The normalized spacial score (nSPS) is 18.9. The quantitative estimate of drug-likeness (QED) is 0.790. The molecule has 1 aliphatic rings. The van der Waals surface area contributed by atoms with Crippen molar-refractivity contribution >= 4 is 23.2 Å². The molecule has 2 rings (SSSR count). The van der Waals surface area contributed by atoms with Crippen molar-refractivity contribution in [1.29, 1.82) is 0 Å². The van der Waals surface area contributed by atoms with Gasteiger partial charge in [0.25, 0.3) is 0 Å². The van der Waals surface area contributed by atoms with Crippen LogP contribution in [0.3, 0.4) is 0 Å². The maximum atomic E-state index is 9.23. The van der Waals surface area contributed by atoms with Crippen LogP contribution < -0.4 is 5.32 Å². The van der Waals surface area contributed by atoms with Crippen LogP contribution in [0.5, 0.6) is 0 Å². The molecule has 0 amide bonds. The summed E-state index contributed by atoms with van der Waals surface area (Å²) in [6.45, 7) is 5.19. The second-order valence-corrected chi connectivity index (χ2v) is 6.03. The Bertz CT molecular complexity index is 427. The summed E-state index contributed by atoms with van der Waals surface area (Å²) in [5, 5.41) is 13.8. The van der Waals surface area contributed by atoms with Crippen molar-refractivity contribution in [2.24, 2.45) is 0 Å². The van der Waals surface area contributed by atoms with Crippen LogP contribution in [0.15, 0.2) is 6.07 Å². The van der Waals surface area contributed by atoms with E-state index in [0.717, 1.165) is 24.3 Å². The Labute approximate surface area is 130 Å². The number of halogens is 2. The Balaban J connectivity index is 2.07. The van der Waals surface area contributed by atoms with Crippen molar-refractivity contribution in [3.63, 3.8) is 0 Å². The lowest BCUT2D eigenvalue weighted by atomic mass is 10.2. The number of rotatable bonds is 6. The summed E-state index contributed by atoms with van der Waals surface area (Å²) >= 11 is 12.5. The molecule has 1 unspecified atom stereocenters. The summed E-state index contributed by atoms with van der Waals surface area (Å²) in [6.07, 6.45) is 2.39. The molecule has 1 saturated heterocycles. The number of nitrogens with one attached hydrogen (secondary N) is 1. The summed E-state index contributed by atoms with van der Waals surface area (Å²) in [4.78, 5) is 6.43. The van der Waals surface area contributed by atoms with Crippen LogP contribution in [0, 0.1) is 6.92 Å². The molecular weight excluding hydrogens is 297 g/mol. The van der Waals surface area contributed by atoms with Gasteiger partial charge >= 0.3 is 0 Å². The molecule has 0 aromatic carbocycles. The van der Waals surface area contributed by atoms with Crippen LogP contribution in [-0.4, -0.2) is 47.3 Å². The zero-order chi connectivity index (χ0) is 14.5. The molecule has 0 saturated carbocycles. The molecule has 112 valence electrons. The molecule has 2 N–H and O–H groups in total. The van der Waals surface area contributed by atoms with E-state index in [1.807, 2.05) is 13.0 Å². The van der Waals surface area contributed by atoms with Crippen LogP contribution in [0.25, 0.3) is 0 Å². The fraction of sp³-hybridized carbons (Fsp3) is 0.643. The van der Waals surface area contributed by atoms with E-state index in [-0.39, 0.29) is 6.61 Å². The third-order valence-corrected chi connectivity index (χ3v) is 4.24. The zero-order valence-electron chi connectivity index (χ0n) is 11.7. The largest absolute Gasteiger partial charge is 0.395 e. The number of aliphatic hydroxyl groups is 1. The van der Waals surface area contributed by atoms with E-state index >= 15 is 0 Å². The standard InChI is InChI=1S/C14H21Cl2N3O/c1-10-7-13(15)12(14(16)18-10)9-19(5-6-20)8-11-3-2-4-17-11/h7,11,17,20H,2-6,8-9H2,1H3. The molecule has 4 nitrogen and oxygen atoms in total. The van der Waals surface area contributed by atoms with Gasteiger partial charge in [0, 0.05) is 42.0 Å². The number of pyridine rings is 1. The predicted octanol–water partition coefficient (Wildman–Crippen LogP) is 2.24. The van der Waals surface area contributed by atoms with Crippen molar-refractivity contribution in [2.75, 3.05) is 26.2 Å². The fourth-order valence-electron chi connectivity index (χ4n) is 2.59. The third kappa shape index (κ3) is 4.30. The third-order valence-electron chi connectivity index (χ3n) is 3.59. The Morgan fingerprint density at radius 1 is 1.50 bits per heavy atom. The number of aryl methyl sites for hydroxylation is 1. The molecule has 1 fully saturated rings. The van der Waals surface area contributed by atoms with Gasteiger partial charge in [0.1, 0.15) is 5.15 Å². The van der Waals surface area contributed by atoms with Gasteiger partial charge in [-0.25, -0.2) is 4.98 Å². The summed E-state index contributed by atoms with van der Waals surface area (Å²) in [6, 6.07) is 2.31. The predicted molar refractivity (Wildman–Crippen MR) is 82.4 cm³/mol. The minimum absolute atomic E-state index is 0.126. The molecule has 0 bridgehead atoms. The molecule has 1 atom stereocenters. The number of hydrogen-bond donors (Lipinski definition) is 2. The van der Waals surface area contributed by atoms with E-state index in [0.29, 0.717) is 29.3 Å². The maximum Gasteiger partial charge on any atom is 0.135 e. The fourth-order valence-corrected chi connectivity index (χ4v) is 3.24. The molecule has 0 radical (unpaired) electrons. The maximum absolute atomic E-state index is 9.23. The molecule has 20 heavy (non-hydrogen) atoms.